The zero-order valence-corrected chi connectivity index (χ0v) is 12.4. The number of H-pyrrole nitrogens is 1. The largest absolute Gasteiger partial charge is 0.369 e. The highest BCUT2D eigenvalue weighted by molar-refractivity contribution is 6.35. The first kappa shape index (κ1) is 15.0. The van der Waals surface area contributed by atoms with Gasteiger partial charge in [0.1, 0.15) is 5.69 Å². The van der Waals surface area contributed by atoms with Crippen LogP contribution in [0, 0.1) is 0 Å². The fourth-order valence-corrected chi connectivity index (χ4v) is 1.91. The Kier molecular flexibility index (Phi) is 4.55. The molecular weight excluding hydrogens is 290 g/mol. The Morgan fingerprint density at radius 3 is 2.67 bits per heavy atom. The molecule has 0 spiro atoms. The number of ketones is 1. The van der Waals surface area contributed by atoms with E-state index in [4.69, 9.17) is 11.6 Å². The smallest absolute Gasteiger partial charge is 0.294 e. The molecule has 1 amide bonds. The second-order valence-corrected chi connectivity index (χ2v) is 5.03. The molecule has 2 aromatic rings. The molecule has 1 N–H and O–H groups in total. The van der Waals surface area contributed by atoms with E-state index >= 15 is 0 Å². The molecule has 0 aliphatic carbocycles. The third-order valence-corrected chi connectivity index (χ3v) is 3.03. The van der Waals surface area contributed by atoms with Gasteiger partial charge in [-0.1, -0.05) is 23.7 Å². The maximum atomic E-state index is 12.3. The molecule has 108 valence electrons. The Morgan fingerprint density at radius 2 is 2.00 bits per heavy atom. The molecule has 1 heterocycles. The average Bonchev–Trinajstić information content (AvgIpc) is 2.94. The van der Waals surface area contributed by atoms with Crippen LogP contribution in [0.2, 0.25) is 5.02 Å². The number of hydrogen-bond donors (Lipinski definition) is 1. The predicted octanol–water partition coefficient (Wildman–Crippen LogP) is 2.63. The Labute approximate surface area is 127 Å². The summed E-state index contributed by atoms with van der Waals surface area (Å²) < 4.78 is 0. The van der Waals surface area contributed by atoms with Crippen molar-refractivity contribution in [3.05, 3.63) is 58.4 Å². The van der Waals surface area contributed by atoms with Crippen LogP contribution in [0.1, 0.15) is 26.4 Å². The summed E-state index contributed by atoms with van der Waals surface area (Å²) in [5, 5.41) is 0.377. The van der Waals surface area contributed by atoms with Gasteiger partial charge in [-0.2, -0.15) is 4.99 Å². The highest BCUT2D eigenvalue weighted by atomic mass is 35.5. The molecule has 0 bridgehead atoms. The number of benzene rings is 1. The van der Waals surface area contributed by atoms with Gasteiger partial charge in [0.25, 0.3) is 5.91 Å². The standard InChI is InChI=1S/C15H14ClN3O2/c1-19(2)9-18-15(21)13-7-10(8-17-13)14(20)11-5-3-4-6-12(11)16/h3-9,17H,1-2H3. The molecule has 6 heteroatoms. The second-order valence-electron chi connectivity index (χ2n) is 4.62. The number of hydrogen-bond acceptors (Lipinski definition) is 2. The van der Waals surface area contributed by atoms with Crippen molar-refractivity contribution in [3.8, 4) is 0 Å². The van der Waals surface area contributed by atoms with E-state index in [1.807, 2.05) is 0 Å². The van der Waals surface area contributed by atoms with Crippen molar-refractivity contribution in [3.63, 3.8) is 0 Å². The van der Waals surface area contributed by atoms with Gasteiger partial charge in [-0.3, -0.25) is 9.59 Å². The number of halogens is 1. The number of aromatic amines is 1. The van der Waals surface area contributed by atoms with E-state index in [-0.39, 0.29) is 11.5 Å². The van der Waals surface area contributed by atoms with E-state index in [0.29, 0.717) is 16.1 Å². The lowest BCUT2D eigenvalue weighted by molar-refractivity contribution is 0.0998. The molecule has 0 atom stereocenters. The highest BCUT2D eigenvalue weighted by Crippen LogP contribution is 2.19. The molecule has 1 aromatic carbocycles. The summed E-state index contributed by atoms with van der Waals surface area (Å²) in [6, 6.07) is 8.25. The highest BCUT2D eigenvalue weighted by Gasteiger charge is 2.16. The predicted molar refractivity (Wildman–Crippen MR) is 82.2 cm³/mol. The number of amides is 1. The molecule has 0 aliphatic heterocycles. The van der Waals surface area contributed by atoms with Crippen LogP contribution in [0.15, 0.2) is 41.5 Å². The fourth-order valence-electron chi connectivity index (χ4n) is 1.69. The third-order valence-electron chi connectivity index (χ3n) is 2.70. The maximum absolute atomic E-state index is 12.3. The van der Waals surface area contributed by atoms with Gasteiger partial charge in [0.15, 0.2) is 5.78 Å². The van der Waals surface area contributed by atoms with Crippen molar-refractivity contribution < 1.29 is 9.59 Å². The summed E-state index contributed by atoms with van der Waals surface area (Å²) in [5.74, 6) is -0.686. The molecular formula is C15H14ClN3O2. The zero-order valence-electron chi connectivity index (χ0n) is 11.6. The Balaban J connectivity index is 2.22. The van der Waals surface area contributed by atoms with Crippen molar-refractivity contribution in [2.75, 3.05) is 14.1 Å². The first-order chi connectivity index (χ1) is 9.99. The lowest BCUT2D eigenvalue weighted by Crippen LogP contribution is -2.09. The minimum absolute atomic E-state index is 0.243. The van der Waals surface area contributed by atoms with Crippen LogP contribution in [0.4, 0.5) is 0 Å². The summed E-state index contributed by atoms with van der Waals surface area (Å²) in [6.07, 6.45) is 2.88. The quantitative estimate of drug-likeness (QED) is 0.536. The van der Waals surface area contributed by atoms with Gasteiger partial charge in [-0.05, 0) is 18.2 Å². The topological polar surface area (TPSA) is 65.5 Å². The third kappa shape index (κ3) is 3.58. The van der Waals surface area contributed by atoms with Gasteiger partial charge >= 0.3 is 0 Å². The summed E-state index contributed by atoms with van der Waals surface area (Å²) in [5.41, 5.74) is 1.02. The van der Waals surface area contributed by atoms with Gasteiger partial charge < -0.3 is 9.88 Å². The number of nitrogens with zero attached hydrogens (tertiary/aromatic N) is 2. The molecule has 0 fully saturated rings. The molecule has 0 saturated heterocycles. The number of carbonyl (C=O) groups is 2. The summed E-state index contributed by atoms with van der Waals surface area (Å²) in [4.78, 5) is 32.3. The zero-order chi connectivity index (χ0) is 15.4. The minimum atomic E-state index is -0.443. The fraction of sp³-hybridized carbons (Fsp3) is 0.133. The molecule has 0 aliphatic rings. The van der Waals surface area contributed by atoms with Crippen LogP contribution in [-0.2, 0) is 0 Å². The molecule has 0 saturated carbocycles. The Bertz CT molecular complexity index is 704. The van der Waals surface area contributed by atoms with E-state index in [2.05, 4.69) is 9.98 Å². The van der Waals surface area contributed by atoms with Crippen molar-refractivity contribution in [2.24, 2.45) is 4.99 Å². The van der Waals surface area contributed by atoms with Gasteiger partial charge in [0.05, 0.1) is 11.4 Å². The number of aliphatic imine (C=N–C) groups is 1. The van der Waals surface area contributed by atoms with Crippen molar-refractivity contribution >= 4 is 29.6 Å². The van der Waals surface area contributed by atoms with E-state index in [9.17, 15) is 9.59 Å². The van der Waals surface area contributed by atoms with Gasteiger partial charge in [0.2, 0.25) is 0 Å². The van der Waals surface area contributed by atoms with Crippen LogP contribution < -0.4 is 0 Å². The number of nitrogens with one attached hydrogen (secondary N) is 1. The Hall–Kier alpha value is -2.40. The van der Waals surface area contributed by atoms with Crippen LogP contribution in [0.5, 0.6) is 0 Å². The maximum Gasteiger partial charge on any atom is 0.294 e. The van der Waals surface area contributed by atoms with Crippen molar-refractivity contribution in [2.45, 2.75) is 0 Å². The normalized spacial score (nSPS) is 10.8. The first-order valence-electron chi connectivity index (χ1n) is 6.21. The van der Waals surface area contributed by atoms with E-state index < -0.39 is 5.91 Å². The van der Waals surface area contributed by atoms with Gasteiger partial charge in [0, 0.05) is 31.4 Å². The van der Waals surface area contributed by atoms with Crippen LogP contribution >= 0.6 is 11.6 Å². The number of carbonyl (C=O) groups excluding carboxylic acids is 2. The number of aromatic nitrogens is 1. The summed E-state index contributed by atoms with van der Waals surface area (Å²) in [6.45, 7) is 0. The molecule has 0 unspecified atom stereocenters. The monoisotopic (exact) mass is 303 g/mol. The molecule has 2 rings (SSSR count). The lowest BCUT2D eigenvalue weighted by Gasteiger charge is -2.01. The number of rotatable bonds is 4. The SMILES string of the molecule is CN(C)C=NC(=O)c1cc(C(=O)c2ccccc2Cl)c[nH]1. The molecule has 5 nitrogen and oxygen atoms in total. The van der Waals surface area contributed by atoms with Crippen LogP contribution in [0.25, 0.3) is 0 Å². The second kappa shape index (κ2) is 6.37. The van der Waals surface area contributed by atoms with Crippen molar-refractivity contribution in [1.82, 2.24) is 9.88 Å². The van der Waals surface area contributed by atoms with Gasteiger partial charge in [-0.15, -0.1) is 0 Å². The summed E-state index contributed by atoms with van der Waals surface area (Å²) >= 11 is 6.00. The first-order valence-corrected chi connectivity index (χ1v) is 6.59. The Morgan fingerprint density at radius 1 is 1.29 bits per heavy atom. The van der Waals surface area contributed by atoms with E-state index in [1.165, 1.54) is 18.6 Å². The summed E-state index contributed by atoms with van der Waals surface area (Å²) in [7, 11) is 3.52. The van der Waals surface area contributed by atoms with Crippen LogP contribution in [0.3, 0.4) is 0 Å². The van der Waals surface area contributed by atoms with Crippen LogP contribution in [-0.4, -0.2) is 42.0 Å². The van der Waals surface area contributed by atoms with Crippen molar-refractivity contribution in [1.29, 1.82) is 0 Å². The lowest BCUT2D eigenvalue weighted by atomic mass is 10.1. The van der Waals surface area contributed by atoms with E-state index in [0.717, 1.165) is 0 Å². The van der Waals surface area contributed by atoms with E-state index in [1.54, 1.807) is 43.3 Å². The molecule has 0 radical (unpaired) electrons. The minimum Gasteiger partial charge on any atom is -0.369 e. The average molecular weight is 304 g/mol. The molecule has 21 heavy (non-hydrogen) atoms. The molecule has 1 aromatic heterocycles. The van der Waals surface area contributed by atoms with Gasteiger partial charge in [-0.25, -0.2) is 0 Å².